The van der Waals surface area contributed by atoms with E-state index in [2.05, 4.69) is 29.0 Å². The van der Waals surface area contributed by atoms with Crippen molar-refractivity contribution in [2.24, 2.45) is 5.73 Å². The molecule has 0 bridgehead atoms. The summed E-state index contributed by atoms with van der Waals surface area (Å²) in [5, 5.41) is 3.77. The van der Waals surface area contributed by atoms with Gasteiger partial charge in [-0.25, -0.2) is 4.98 Å². The van der Waals surface area contributed by atoms with Crippen molar-refractivity contribution in [3.63, 3.8) is 0 Å². The van der Waals surface area contributed by atoms with Gasteiger partial charge in [-0.3, -0.25) is 9.59 Å². The third-order valence-corrected chi connectivity index (χ3v) is 6.32. The Balaban J connectivity index is 1.86. The quantitative estimate of drug-likeness (QED) is 0.671. The molecule has 0 spiro atoms. The van der Waals surface area contributed by atoms with Crippen molar-refractivity contribution in [2.45, 2.75) is 20.8 Å². The van der Waals surface area contributed by atoms with E-state index in [9.17, 15) is 9.59 Å². The molecule has 0 aliphatic rings. The lowest BCUT2D eigenvalue weighted by molar-refractivity contribution is 0.100. The van der Waals surface area contributed by atoms with Gasteiger partial charge in [-0.2, -0.15) is 0 Å². The molecular formula is C18H20N4O2S2. The molecule has 0 saturated heterocycles. The molecule has 0 unspecified atom stereocenters. The Kier molecular flexibility index (Phi) is 5.24. The van der Waals surface area contributed by atoms with Gasteiger partial charge in [0.1, 0.15) is 4.83 Å². The largest absolute Gasteiger partial charge is 0.366 e. The van der Waals surface area contributed by atoms with E-state index in [0.29, 0.717) is 16.1 Å². The van der Waals surface area contributed by atoms with E-state index in [1.807, 2.05) is 6.07 Å². The molecule has 0 aliphatic heterocycles. The van der Waals surface area contributed by atoms with Crippen LogP contribution in [-0.2, 0) is 0 Å². The molecule has 0 atom stereocenters. The molecule has 2 aromatic heterocycles. The summed E-state index contributed by atoms with van der Waals surface area (Å²) < 4.78 is 0.987. The standard InChI is InChI=1S/C18H20N4O2S2/c1-4-22(5-2)18-21-17-13(26-18)9-12(25-17)16(24)20-11-8-6-7-10(3)14(11)15(19)23/h6-9H,4-5H2,1-3H3,(H2,19,23)(H,20,24). The Hall–Kier alpha value is -2.45. The predicted octanol–water partition coefficient (Wildman–Crippen LogP) is 3.86. The van der Waals surface area contributed by atoms with Crippen LogP contribution in [-0.4, -0.2) is 29.9 Å². The molecule has 0 radical (unpaired) electrons. The van der Waals surface area contributed by atoms with Gasteiger partial charge in [0.05, 0.1) is 20.8 Å². The molecular weight excluding hydrogens is 368 g/mol. The number of benzene rings is 1. The number of rotatable bonds is 6. The Morgan fingerprint density at radius 2 is 1.96 bits per heavy atom. The number of thiophene rings is 1. The zero-order valence-electron chi connectivity index (χ0n) is 14.8. The summed E-state index contributed by atoms with van der Waals surface area (Å²) in [5.74, 6) is -0.825. The lowest BCUT2D eigenvalue weighted by atomic mass is 10.1. The molecule has 3 aromatic rings. The number of nitrogens with one attached hydrogen (secondary N) is 1. The number of anilines is 2. The van der Waals surface area contributed by atoms with Gasteiger partial charge in [0, 0.05) is 13.1 Å². The van der Waals surface area contributed by atoms with Crippen molar-refractivity contribution in [1.82, 2.24) is 4.98 Å². The minimum atomic E-state index is -0.559. The van der Waals surface area contributed by atoms with Crippen LogP contribution < -0.4 is 16.0 Å². The maximum atomic E-state index is 12.6. The third-order valence-electron chi connectivity index (χ3n) is 4.10. The van der Waals surface area contributed by atoms with Crippen LogP contribution in [0.15, 0.2) is 24.3 Å². The number of aryl methyl sites for hydroxylation is 1. The number of carbonyl (C=O) groups is 2. The summed E-state index contributed by atoms with van der Waals surface area (Å²) in [6, 6.07) is 7.09. The second-order valence-electron chi connectivity index (χ2n) is 5.76. The van der Waals surface area contributed by atoms with Crippen molar-refractivity contribution in [1.29, 1.82) is 0 Å². The number of hydrogen-bond acceptors (Lipinski definition) is 6. The molecule has 0 saturated carbocycles. The minimum absolute atomic E-state index is 0.266. The third kappa shape index (κ3) is 3.42. The number of amides is 2. The minimum Gasteiger partial charge on any atom is -0.366 e. The van der Waals surface area contributed by atoms with Gasteiger partial charge in [0.15, 0.2) is 5.13 Å². The van der Waals surface area contributed by atoms with Crippen LogP contribution in [0.1, 0.15) is 39.4 Å². The number of nitrogens with two attached hydrogens (primary N) is 1. The topological polar surface area (TPSA) is 88.3 Å². The highest BCUT2D eigenvalue weighted by molar-refractivity contribution is 7.29. The average molecular weight is 389 g/mol. The monoisotopic (exact) mass is 388 g/mol. The van der Waals surface area contributed by atoms with Crippen molar-refractivity contribution in [3.05, 3.63) is 40.3 Å². The van der Waals surface area contributed by atoms with Gasteiger partial charge >= 0.3 is 0 Å². The van der Waals surface area contributed by atoms with Crippen LogP contribution in [0, 0.1) is 6.92 Å². The summed E-state index contributed by atoms with van der Waals surface area (Å²) >= 11 is 2.93. The number of primary amides is 1. The van der Waals surface area contributed by atoms with Crippen molar-refractivity contribution in [2.75, 3.05) is 23.3 Å². The number of nitrogens with zero attached hydrogens (tertiary/aromatic N) is 2. The Morgan fingerprint density at radius 1 is 1.23 bits per heavy atom. The zero-order valence-corrected chi connectivity index (χ0v) is 16.5. The molecule has 0 aliphatic carbocycles. The summed E-state index contributed by atoms with van der Waals surface area (Å²) in [7, 11) is 0. The van der Waals surface area contributed by atoms with Gasteiger partial charge in [-0.05, 0) is 38.5 Å². The van der Waals surface area contributed by atoms with E-state index in [0.717, 1.165) is 33.3 Å². The maximum absolute atomic E-state index is 12.6. The summed E-state index contributed by atoms with van der Waals surface area (Å²) in [6.07, 6.45) is 0. The van der Waals surface area contributed by atoms with Crippen molar-refractivity contribution < 1.29 is 9.59 Å². The second kappa shape index (κ2) is 7.43. The van der Waals surface area contributed by atoms with Crippen LogP contribution in [0.2, 0.25) is 0 Å². The van der Waals surface area contributed by atoms with Gasteiger partial charge in [-0.1, -0.05) is 23.5 Å². The fourth-order valence-electron chi connectivity index (χ4n) is 2.75. The maximum Gasteiger partial charge on any atom is 0.265 e. The zero-order chi connectivity index (χ0) is 18.8. The van der Waals surface area contributed by atoms with Crippen LogP contribution in [0.25, 0.3) is 9.53 Å². The molecule has 3 rings (SSSR count). The second-order valence-corrected chi connectivity index (χ2v) is 7.80. The highest BCUT2D eigenvalue weighted by atomic mass is 32.1. The first-order chi connectivity index (χ1) is 12.4. The van der Waals surface area contributed by atoms with Gasteiger partial charge in [0.2, 0.25) is 0 Å². The molecule has 1 aromatic carbocycles. The smallest absolute Gasteiger partial charge is 0.265 e. The molecule has 2 amide bonds. The van der Waals surface area contributed by atoms with Gasteiger partial charge < -0.3 is 16.0 Å². The highest BCUT2D eigenvalue weighted by Crippen LogP contribution is 2.35. The van der Waals surface area contributed by atoms with Crippen LogP contribution >= 0.6 is 22.7 Å². The number of carbonyl (C=O) groups excluding carboxylic acids is 2. The predicted molar refractivity (Wildman–Crippen MR) is 109 cm³/mol. The van der Waals surface area contributed by atoms with Crippen molar-refractivity contribution in [3.8, 4) is 0 Å². The Morgan fingerprint density at radius 3 is 2.58 bits per heavy atom. The summed E-state index contributed by atoms with van der Waals surface area (Å²) in [5.41, 5.74) is 6.94. The number of fused-ring (bicyclic) bond motifs is 1. The Labute approximate surface area is 159 Å². The molecule has 136 valence electrons. The number of aromatic nitrogens is 1. The van der Waals surface area contributed by atoms with Crippen LogP contribution in [0.4, 0.5) is 10.8 Å². The lowest BCUT2D eigenvalue weighted by Gasteiger charge is -2.16. The molecule has 0 fully saturated rings. The molecule has 6 nitrogen and oxygen atoms in total. The summed E-state index contributed by atoms with van der Waals surface area (Å²) in [6.45, 7) is 7.77. The normalized spacial score (nSPS) is 10.9. The van der Waals surface area contributed by atoms with E-state index >= 15 is 0 Å². The van der Waals surface area contributed by atoms with E-state index in [-0.39, 0.29) is 5.91 Å². The van der Waals surface area contributed by atoms with Crippen LogP contribution in [0.5, 0.6) is 0 Å². The van der Waals surface area contributed by atoms with Gasteiger partial charge in [0.25, 0.3) is 11.8 Å². The average Bonchev–Trinajstić information content (AvgIpc) is 3.14. The molecule has 8 heteroatoms. The van der Waals surface area contributed by atoms with E-state index in [1.165, 1.54) is 11.3 Å². The van der Waals surface area contributed by atoms with E-state index in [4.69, 9.17) is 5.73 Å². The Bertz CT molecular complexity index is 941. The van der Waals surface area contributed by atoms with Crippen molar-refractivity contribution >= 4 is 54.8 Å². The first kappa shape index (κ1) is 18.3. The molecule has 3 N–H and O–H groups in total. The fourth-order valence-corrected chi connectivity index (χ4v) is 4.98. The fraction of sp³-hybridized carbons (Fsp3) is 0.278. The number of hydrogen-bond donors (Lipinski definition) is 2. The molecule has 2 heterocycles. The first-order valence-corrected chi connectivity index (χ1v) is 9.94. The number of thiazole rings is 1. The molecule has 26 heavy (non-hydrogen) atoms. The van der Waals surface area contributed by atoms with Gasteiger partial charge in [-0.15, -0.1) is 11.3 Å². The van der Waals surface area contributed by atoms with Crippen LogP contribution in [0.3, 0.4) is 0 Å². The van der Waals surface area contributed by atoms with E-state index < -0.39 is 5.91 Å². The highest BCUT2D eigenvalue weighted by Gasteiger charge is 2.18. The SMILES string of the molecule is CCN(CC)c1nc2sc(C(=O)Nc3cccc(C)c3C(N)=O)cc2s1. The lowest BCUT2D eigenvalue weighted by Crippen LogP contribution is -2.21. The summed E-state index contributed by atoms with van der Waals surface area (Å²) in [4.78, 5) is 32.5. The van der Waals surface area contributed by atoms with E-state index in [1.54, 1.807) is 36.5 Å². The first-order valence-electron chi connectivity index (χ1n) is 8.30.